The molecule has 0 unspecified atom stereocenters. The van der Waals surface area contributed by atoms with Gasteiger partial charge in [-0.3, -0.25) is 0 Å². The van der Waals surface area contributed by atoms with Gasteiger partial charge in [0.2, 0.25) is 0 Å². The highest BCUT2D eigenvalue weighted by atomic mass is 35.5. The molecule has 0 amide bonds. The summed E-state index contributed by atoms with van der Waals surface area (Å²) < 4.78 is 0. The number of halogens is 3. The van der Waals surface area contributed by atoms with Gasteiger partial charge < -0.3 is 0 Å². The summed E-state index contributed by atoms with van der Waals surface area (Å²) in [5.74, 6) is 0.455. The minimum absolute atomic E-state index is 0. The Labute approximate surface area is 108 Å². The highest BCUT2D eigenvalue weighted by Crippen LogP contribution is 2.26. The van der Waals surface area contributed by atoms with Gasteiger partial charge in [0.15, 0.2) is 0 Å². The van der Waals surface area contributed by atoms with Crippen molar-refractivity contribution in [3.05, 3.63) is 40.4 Å². The zero-order chi connectivity index (χ0) is 9.97. The van der Waals surface area contributed by atoms with E-state index in [1.807, 2.05) is 29.6 Å². The molecule has 0 radical (unpaired) electrons. The quantitative estimate of drug-likeness (QED) is 0.731. The zero-order valence-electron chi connectivity index (χ0n) is 7.61. The average Bonchev–Trinajstić information content (AvgIpc) is 2.66. The Kier molecular flexibility index (Phi) is 4.87. The van der Waals surface area contributed by atoms with Gasteiger partial charge in [-0.15, -0.1) is 35.3 Å². The molecule has 0 aliphatic carbocycles. The molecule has 0 bridgehead atoms. The van der Waals surface area contributed by atoms with E-state index in [0.29, 0.717) is 5.88 Å². The van der Waals surface area contributed by atoms with Crippen LogP contribution in [0.25, 0.3) is 10.6 Å². The standard InChI is InChI=1S/C10H7Cl2NS.ClH/c11-5-9-6-14-10(13-9)7-2-1-3-8(12)4-7;/h1-4,6H,5H2;1H. The summed E-state index contributed by atoms with van der Waals surface area (Å²) in [6.45, 7) is 0. The van der Waals surface area contributed by atoms with Crippen LogP contribution >= 0.6 is 46.9 Å². The molecule has 15 heavy (non-hydrogen) atoms. The predicted molar refractivity (Wildman–Crippen MR) is 69.4 cm³/mol. The summed E-state index contributed by atoms with van der Waals surface area (Å²) in [6, 6.07) is 7.65. The van der Waals surface area contributed by atoms with Crippen molar-refractivity contribution in [3.8, 4) is 10.6 Å². The Morgan fingerprint density at radius 1 is 1.33 bits per heavy atom. The van der Waals surface area contributed by atoms with Crippen molar-refractivity contribution in [2.75, 3.05) is 0 Å². The predicted octanol–water partition coefficient (Wildman–Crippen LogP) is 4.62. The monoisotopic (exact) mass is 279 g/mol. The molecule has 0 saturated carbocycles. The number of hydrogen-bond acceptors (Lipinski definition) is 2. The molecule has 1 aromatic heterocycles. The summed E-state index contributed by atoms with van der Waals surface area (Å²) in [4.78, 5) is 4.37. The first-order valence-electron chi connectivity index (χ1n) is 4.06. The van der Waals surface area contributed by atoms with E-state index < -0.39 is 0 Å². The van der Waals surface area contributed by atoms with E-state index in [4.69, 9.17) is 23.2 Å². The first-order chi connectivity index (χ1) is 6.79. The molecule has 0 fully saturated rings. The SMILES string of the molecule is Cl.ClCc1csc(-c2cccc(Cl)c2)n1. The number of hydrogen-bond donors (Lipinski definition) is 0. The summed E-state index contributed by atoms with van der Waals surface area (Å²) in [6.07, 6.45) is 0. The lowest BCUT2D eigenvalue weighted by molar-refractivity contribution is 1.23. The molecule has 0 atom stereocenters. The highest BCUT2D eigenvalue weighted by Gasteiger charge is 2.03. The molecule has 0 saturated heterocycles. The van der Waals surface area contributed by atoms with Gasteiger partial charge in [-0.2, -0.15) is 0 Å². The van der Waals surface area contributed by atoms with E-state index in [9.17, 15) is 0 Å². The fourth-order valence-electron chi connectivity index (χ4n) is 1.12. The van der Waals surface area contributed by atoms with E-state index in [-0.39, 0.29) is 12.4 Å². The fraction of sp³-hybridized carbons (Fsp3) is 0.100. The Morgan fingerprint density at radius 2 is 2.13 bits per heavy atom. The third-order valence-corrected chi connectivity index (χ3v) is 3.21. The van der Waals surface area contributed by atoms with Crippen LogP contribution < -0.4 is 0 Å². The molecule has 0 aliphatic heterocycles. The van der Waals surface area contributed by atoms with E-state index in [1.165, 1.54) is 0 Å². The normalized spacial score (nSPS) is 9.73. The van der Waals surface area contributed by atoms with Crippen LogP contribution in [0.1, 0.15) is 5.69 Å². The van der Waals surface area contributed by atoms with Crippen LogP contribution in [0.15, 0.2) is 29.6 Å². The van der Waals surface area contributed by atoms with Crippen molar-refractivity contribution in [1.82, 2.24) is 4.98 Å². The van der Waals surface area contributed by atoms with Crippen LogP contribution in [0.3, 0.4) is 0 Å². The second-order valence-corrected chi connectivity index (χ2v) is 4.35. The van der Waals surface area contributed by atoms with Crippen LogP contribution in [0.4, 0.5) is 0 Å². The molecule has 1 aromatic carbocycles. The smallest absolute Gasteiger partial charge is 0.123 e. The molecule has 1 heterocycles. The van der Waals surface area contributed by atoms with E-state index >= 15 is 0 Å². The number of rotatable bonds is 2. The van der Waals surface area contributed by atoms with Crippen molar-refractivity contribution in [2.24, 2.45) is 0 Å². The van der Waals surface area contributed by atoms with E-state index in [0.717, 1.165) is 21.3 Å². The lowest BCUT2D eigenvalue weighted by atomic mass is 10.2. The number of aromatic nitrogens is 1. The summed E-state index contributed by atoms with van der Waals surface area (Å²) in [5, 5.41) is 3.65. The fourth-order valence-corrected chi connectivity index (χ4v) is 2.36. The van der Waals surface area contributed by atoms with Crippen LogP contribution in [-0.2, 0) is 5.88 Å². The third kappa shape index (κ3) is 3.08. The van der Waals surface area contributed by atoms with Gasteiger partial charge in [0, 0.05) is 16.0 Å². The zero-order valence-corrected chi connectivity index (χ0v) is 10.8. The molecule has 5 heteroatoms. The van der Waals surface area contributed by atoms with Crippen molar-refractivity contribution >= 4 is 46.9 Å². The number of thiazole rings is 1. The molecule has 2 rings (SSSR count). The average molecular weight is 281 g/mol. The second kappa shape index (κ2) is 5.71. The van der Waals surface area contributed by atoms with E-state index in [2.05, 4.69) is 4.98 Å². The van der Waals surface area contributed by atoms with Crippen LogP contribution in [0, 0.1) is 0 Å². The summed E-state index contributed by atoms with van der Waals surface area (Å²) in [7, 11) is 0. The first-order valence-corrected chi connectivity index (χ1v) is 5.85. The molecule has 0 aliphatic rings. The number of alkyl halides is 1. The topological polar surface area (TPSA) is 12.9 Å². The molecule has 0 spiro atoms. The van der Waals surface area contributed by atoms with Gasteiger partial charge in [0.05, 0.1) is 11.6 Å². The Bertz CT molecular complexity index is 442. The Hall–Kier alpha value is -0.280. The molecule has 1 nitrogen and oxygen atoms in total. The van der Waals surface area contributed by atoms with Crippen molar-refractivity contribution in [2.45, 2.75) is 5.88 Å². The lowest BCUT2D eigenvalue weighted by Gasteiger charge is -1.95. The van der Waals surface area contributed by atoms with Crippen molar-refractivity contribution in [1.29, 1.82) is 0 Å². The highest BCUT2D eigenvalue weighted by molar-refractivity contribution is 7.13. The van der Waals surface area contributed by atoms with Crippen LogP contribution in [-0.4, -0.2) is 4.98 Å². The molecular weight excluding hydrogens is 273 g/mol. The largest absolute Gasteiger partial charge is 0.240 e. The van der Waals surface area contributed by atoms with Gasteiger partial charge in [-0.1, -0.05) is 23.7 Å². The van der Waals surface area contributed by atoms with Gasteiger partial charge in [-0.25, -0.2) is 4.98 Å². The third-order valence-electron chi connectivity index (χ3n) is 1.76. The van der Waals surface area contributed by atoms with Gasteiger partial charge in [0.1, 0.15) is 5.01 Å². The maximum Gasteiger partial charge on any atom is 0.123 e. The number of nitrogens with zero attached hydrogens (tertiary/aromatic N) is 1. The van der Waals surface area contributed by atoms with Crippen LogP contribution in [0.5, 0.6) is 0 Å². The maximum absolute atomic E-state index is 5.89. The van der Waals surface area contributed by atoms with Gasteiger partial charge >= 0.3 is 0 Å². The van der Waals surface area contributed by atoms with E-state index in [1.54, 1.807) is 11.3 Å². The van der Waals surface area contributed by atoms with Gasteiger partial charge in [-0.05, 0) is 12.1 Å². The number of benzene rings is 1. The lowest BCUT2D eigenvalue weighted by Crippen LogP contribution is -1.78. The second-order valence-electron chi connectivity index (χ2n) is 2.79. The summed E-state index contributed by atoms with van der Waals surface area (Å²) in [5.41, 5.74) is 1.95. The Balaban J connectivity index is 0.00000112. The molecule has 0 N–H and O–H groups in total. The first kappa shape index (κ1) is 12.8. The van der Waals surface area contributed by atoms with Crippen LogP contribution in [0.2, 0.25) is 5.02 Å². The summed E-state index contributed by atoms with van der Waals surface area (Å²) >= 11 is 13.1. The molecular formula is C10H8Cl3NS. The maximum atomic E-state index is 5.89. The molecule has 80 valence electrons. The molecule has 2 aromatic rings. The van der Waals surface area contributed by atoms with Crippen molar-refractivity contribution in [3.63, 3.8) is 0 Å². The van der Waals surface area contributed by atoms with Gasteiger partial charge in [0.25, 0.3) is 0 Å². The minimum atomic E-state index is 0. The Morgan fingerprint density at radius 3 is 2.73 bits per heavy atom. The van der Waals surface area contributed by atoms with Crippen molar-refractivity contribution < 1.29 is 0 Å². The minimum Gasteiger partial charge on any atom is -0.240 e.